The quantitative estimate of drug-likeness (QED) is 0.604. The Morgan fingerprint density at radius 1 is 1.05 bits per heavy atom. The summed E-state index contributed by atoms with van der Waals surface area (Å²) in [4.78, 5) is 22.2. The summed E-state index contributed by atoms with van der Waals surface area (Å²) in [5.41, 5.74) is 0.803. The van der Waals surface area contributed by atoms with Gasteiger partial charge in [-0.3, -0.25) is 9.59 Å². The fourth-order valence-corrected chi connectivity index (χ4v) is 1.74. The molecule has 19 heavy (non-hydrogen) atoms. The summed E-state index contributed by atoms with van der Waals surface area (Å²) in [7, 11) is 1.55. The number of carbonyl (C=O) groups is 2. The predicted molar refractivity (Wildman–Crippen MR) is 68.7 cm³/mol. The number of benzene rings is 1. The summed E-state index contributed by atoms with van der Waals surface area (Å²) in [6.45, 7) is 4.34. The zero-order valence-electron chi connectivity index (χ0n) is 11.5. The number of rotatable bonds is 5. The molecule has 1 aromatic rings. The van der Waals surface area contributed by atoms with Gasteiger partial charge in [-0.25, -0.2) is 0 Å². The van der Waals surface area contributed by atoms with Crippen molar-refractivity contribution in [1.29, 1.82) is 0 Å². The zero-order valence-corrected chi connectivity index (χ0v) is 11.5. The van der Waals surface area contributed by atoms with Gasteiger partial charge in [-0.1, -0.05) is 25.1 Å². The Bertz CT molecular complexity index is 439. The molecule has 0 aliphatic rings. The molecule has 1 rings (SSSR count). The van der Waals surface area contributed by atoms with Crippen molar-refractivity contribution >= 4 is 11.9 Å². The Morgan fingerprint density at radius 3 is 2.05 bits per heavy atom. The van der Waals surface area contributed by atoms with Gasteiger partial charge >= 0.3 is 11.9 Å². The molecule has 0 amide bonds. The van der Waals surface area contributed by atoms with Gasteiger partial charge in [-0.05, 0) is 6.07 Å². The molecule has 1 atom stereocenters. The summed E-state index contributed by atoms with van der Waals surface area (Å²) in [6.07, 6.45) is -0.966. The molecule has 0 radical (unpaired) electrons. The molecule has 1 aromatic carbocycles. The van der Waals surface area contributed by atoms with Gasteiger partial charge in [0.05, 0.1) is 13.0 Å². The lowest BCUT2D eigenvalue weighted by molar-refractivity contribution is -0.188. The van der Waals surface area contributed by atoms with Crippen molar-refractivity contribution in [3.05, 3.63) is 29.8 Å². The summed E-state index contributed by atoms with van der Waals surface area (Å²) < 4.78 is 15.3. The van der Waals surface area contributed by atoms with E-state index in [0.717, 1.165) is 5.56 Å². The molecule has 0 saturated heterocycles. The van der Waals surface area contributed by atoms with Gasteiger partial charge in [0.2, 0.25) is 0 Å². The average molecular weight is 266 g/mol. The molecule has 0 bridgehead atoms. The number of methoxy groups -OCH3 is 1. The Morgan fingerprint density at radius 2 is 1.58 bits per heavy atom. The maximum Gasteiger partial charge on any atom is 0.305 e. The highest BCUT2D eigenvalue weighted by atomic mass is 16.7. The van der Waals surface area contributed by atoms with Crippen LogP contribution in [-0.4, -0.2) is 25.3 Å². The molecule has 5 heteroatoms. The van der Waals surface area contributed by atoms with Crippen LogP contribution in [0.2, 0.25) is 0 Å². The van der Waals surface area contributed by atoms with E-state index in [1.807, 2.05) is 18.2 Å². The predicted octanol–water partition coefficient (Wildman–Crippen LogP) is 2.25. The van der Waals surface area contributed by atoms with Crippen molar-refractivity contribution in [3.63, 3.8) is 0 Å². The summed E-state index contributed by atoms with van der Waals surface area (Å²) >= 11 is 0. The minimum absolute atomic E-state index is 0.330. The van der Waals surface area contributed by atoms with E-state index < -0.39 is 18.2 Å². The minimum Gasteiger partial charge on any atom is -0.496 e. The van der Waals surface area contributed by atoms with Crippen LogP contribution in [0.3, 0.4) is 0 Å². The molecule has 5 nitrogen and oxygen atoms in total. The maximum absolute atomic E-state index is 11.1. The van der Waals surface area contributed by atoms with Gasteiger partial charge in [0, 0.05) is 19.4 Å². The number of hydrogen-bond acceptors (Lipinski definition) is 5. The highest BCUT2D eigenvalue weighted by Crippen LogP contribution is 2.30. The maximum atomic E-state index is 11.1. The molecule has 0 aliphatic heterocycles. The number of para-hydroxylation sites is 1. The number of ether oxygens (including phenoxy) is 3. The molecule has 0 heterocycles. The first-order valence-corrected chi connectivity index (χ1v) is 5.93. The van der Waals surface area contributed by atoms with E-state index in [9.17, 15) is 9.59 Å². The summed E-state index contributed by atoms with van der Waals surface area (Å²) in [6, 6.07) is 7.31. The highest BCUT2D eigenvalue weighted by molar-refractivity contribution is 5.68. The van der Waals surface area contributed by atoms with E-state index >= 15 is 0 Å². The van der Waals surface area contributed by atoms with E-state index in [4.69, 9.17) is 14.2 Å². The molecule has 0 unspecified atom stereocenters. The monoisotopic (exact) mass is 266 g/mol. The van der Waals surface area contributed by atoms with Crippen molar-refractivity contribution in [2.45, 2.75) is 33.0 Å². The van der Waals surface area contributed by atoms with Crippen LogP contribution in [0, 0.1) is 0 Å². The van der Waals surface area contributed by atoms with Crippen molar-refractivity contribution in [2.75, 3.05) is 7.11 Å². The first-order chi connectivity index (χ1) is 8.95. The smallest absolute Gasteiger partial charge is 0.305 e. The summed E-state index contributed by atoms with van der Waals surface area (Å²) in [5.74, 6) is -0.691. The molecule has 0 aromatic heterocycles. The van der Waals surface area contributed by atoms with E-state index in [1.54, 1.807) is 20.1 Å². The van der Waals surface area contributed by atoms with Crippen LogP contribution in [0.1, 0.15) is 32.3 Å². The molecule has 0 aliphatic carbocycles. The van der Waals surface area contributed by atoms with Crippen LogP contribution in [0.5, 0.6) is 5.75 Å². The third-order valence-corrected chi connectivity index (χ3v) is 2.60. The molecule has 104 valence electrons. The number of hydrogen-bond donors (Lipinski definition) is 0. The van der Waals surface area contributed by atoms with Crippen LogP contribution in [0.15, 0.2) is 24.3 Å². The lowest BCUT2D eigenvalue weighted by atomic mass is 9.99. The van der Waals surface area contributed by atoms with E-state index in [-0.39, 0.29) is 5.92 Å². The van der Waals surface area contributed by atoms with Gasteiger partial charge < -0.3 is 14.2 Å². The Hall–Kier alpha value is -2.04. The van der Waals surface area contributed by atoms with Crippen LogP contribution in [0.4, 0.5) is 0 Å². The van der Waals surface area contributed by atoms with Crippen molar-refractivity contribution in [2.24, 2.45) is 0 Å². The second kappa shape index (κ2) is 6.78. The van der Waals surface area contributed by atoms with Crippen LogP contribution in [0.25, 0.3) is 0 Å². The molecular weight excluding hydrogens is 248 g/mol. The zero-order chi connectivity index (χ0) is 14.4. The van der Waals surface area contributed by atoms with Gasteiger partial charge in [0.15, 0.2) is 0 Å². The van der Waals surface area contributed by atoms with Gasteiger partial charge in [-0.2, -0.15) is 0 Å². The third kappa shape index (κ3) is 4.28. The lowest BCUT2D eigenvalue weighted by Crippen LogP contribution is -2.28. The van der Waals surface area contributed by atoms with Gasteiger partial charge in [0.1, 0.15) is 5.75 Å². The second-order valence-electron chi connectivity index (χ2n) is 4.12. The standard InChI is InChI=1S/C14H18O5/c1-9(12-7-5-6-8-13(12)17-4)14(18-10(2)15)19-11(3)16/h5-9,14H,1-4H3/t9-/m1/s1. The van der Waals surface area contributed by atoms with Crippen molar-refractivity contribution in [1.82, 2.24) is 0 Å². The van der Waals surface area contributed by atoms with Gasteiger partial charge in [-0.15, -0.1) is 0 Å². The normalized spacial score (nSPS) is 11.8. The molecule has 0 N–H and O–H groups in total. The SMILES string of the molecule is COc1ccccc1[C@@H](C)C(OC(C)=O)OC(C)=O. The molecule has 0 spiro atoms. The Kier molecular flexibility index (Phi) is 5.36. The van der Waals surface area contributed by atoms with E-state index in [2.05, 4.69) is 0 Å². The first-order valence-electron chi connectivity index (χ1n) is 5.93. The van der Waals surface area contributed by atoms with Gasteiger partial charge in [0.25, 0.3) is 6.29 Å². The topological polar surface area (TPSA) is 61.8 Å². The fourth-order valence-electron chi connectivity index (χ4n) is 1.74. The number of esters is 2. The van der Waals surface area contributed by atoms with E-state index in [1.165, 1.54) is 13.8 Å². The van der Waals surface area contributed by atoms with Crippen molar-refractivity contribution in [3.8, 4) is 5.75 Å². The molecular formula is C14H18O5. The van der Waals surface area contributed by atoms with Crippen LogP contribution >= 0.6 is 0 Å². The number of carbonyl (C=O) groups excluding carboxylic acids is 2. The average Bonchev–Trinajstić information content (AvgIpc) is 2.36. The third-order valence-electron chi connectivity index (χ3n) is 2.60. The van der Waals surface area contributed by atoms with E-state index in [0.29, 0.717) is 5.75 Å². The van der Waals surface area contributed by atoms with Crippen molar-refractivity contribution < 1.29 is 23.8 Å². The largest absolute Gasteiger partial charge is 0.496 e. The molecule has 0 saturated carbocycles. The molecule has 0 fully saturated rings. The highest BCUT2D eigenvalue weighted by Gasteiger charge is 2.26. The van der Waals surface area contributed by atoms with Crippen LogP contribution in [-0.2, 0) is 19.1 Å². The van der Waals surface area contributed by atoms with Crippen LogP contribution < -0.4 is 4.74 Å². The Labute approximate surface area is 112 Å². The second-order valence-corrected chi connectivity index (χ2v) is 4.12. The first kappa shape index (κ1) is 15.0. The lowest BCUT2D eigenvalue weighted by Gasteiger charge is -2.24. The fraction of sp³-hybridized carbons (Fsp3) is 0.429. The Balaban J connectivity index is 3.00. The minimum atomic E-state index is -0.966. The summed E-state index contributed by atoms with van der Waals surface area (Å²) in [5, 5.41) is 0.